The number of amides is 2. The molecule has 0 aliphatic carbocycles. The maximum atomic E-state index is 11.7. The van der Waals surface area contributed by atoms with Crippen molar-refractivity contribution in [3.05, 3.63) is 11.7 Å². The van der Waals surface area contributed by atoms with E-state index in [4.69, 9.17) is 9.63 Å². The molecule has 0 saturated carbocycles. The van der Waals surface area contributed by atoms with Gasteiger partial charge in [-0.15, -0.1) is 0 Å². The van der Waals surface area contributed by atoms with E-state index >= 15 is 0 Å². The van der Waals surface area contributed by atoms with Crippen molar-refractivity contribution in [3.63, 3.8) is 0 Å². The largest absolute Gasteiger partial charge is 0.480 e. The predicted octanol–water partition coefficient (Wildman–Crippen LogP) is 0.809. The van der Waals surface area contributed by atoms with Crippen molar-refractivity contribution in [2.24, 2.45) is 0 Å². The van der Waals surface area contributed by atoms with E-state index in [1.54, 1.807) is 6.92 Å². The number of nitrogens with one attached hydrogen (secondary N) is 1. The second-order valence-electron chi connectivity index (χ2n) is 4.27. The SMILES string of the molecule is CCN(Cc1nc(C(C)C)no1)C(=O)NCC(=O)O. The molecule has 1 rings (SSSR count). The number of carbonyl (C=O) groups is 2. The van der Waals surface area contributed by atoms with Gasteiger partial charge in [-0.25, -0.2) is 4.79 Å². The molecule has 1 aromatic heterocycles. The minimum atomic E-state index is -1.09. The summed E-state index contributed by atoms with van der Waals surface area (Å²) in [6.07, 6.45) is 0. The molecule has 0 aliphatic heterocycles. The standard InChI is InChI=1S/C11H18N4O4/c1-4-15(11(18)12-5-9(16)17)6-8-13-10(7(2)3)14-19-8/h7H,4-6H2,1-3H3,(H,12,18)(H,16,17). The van der Waals surface area contributed by atoms with Gasteiger partial charge >= 0.3 is 12.0 Å². The van der Waals surface area contributed by atoms with Gasteiger partial charge in [0, 0.05) is 12.5 Å². The Morgan fingerprint density at radius 1 is 1.47 bits per heavy atom. The number of rotatable bonds is 6. The molecule has 19 heavy (non-hydrogen) atoms. The van der Waals surface area contributed by atoms with Crippen molar-refractivity contribution in [2.45, 2.75) is 33.2 Å². The van der Waals surface area contributed by atoms with E-state index < -0.39 is 18.5 Å². The maximum absolute atomic E-state index is 11.7. The second-order valence-corrected chi connectivity index (χ2v) is 4.27. The number of urea groups is 1. The normalized spacial score (nSPS) is 10.5. The van der Waals surface area contributed by atoms with E-state index in [1.165, 1.54) is 4.90 Å². The topological polar surface area (TPSA) is 109 Å². The van der Waals surface area contributed by atoms with Gasteiger partial charge in [0.05, 0.1) is 0 Å². The molecule has 8 nitrogen and oxygen atoms in total. The first kappa shape index (κ1) is 14.9. The molecule has 1 heterocycles. The van der Waals surface area contributed by atoms with Gasteiger partial charge in [0.1, 0.15) is 13.1 Å². The first-order chi connectivity index (χ1) is 8.93. The molecule has 2 N–H and O–H groups in total. The van der Waals surface area contributed by atoms with Crippen molar-refractivity contribution in [1.29, 1.82) is 0 Å². The van der Waals surface area contributed by atoms with Gasteiger partial charge in [-0.2, -0.15) is 4.98 Å². The lowest BCUT2D eigenvalue weighted by Crippen LogP contribution is -2.41. The van der Waals surface area contributed by atoms with Crippen LogP contribution >= 0.6 is 0 Å². The Morgan fingerprint density at radius 2 is 2.16 bits per heavy atom. The summed E-state index contributed by atoms with van der Waals surface area (Å²) in [6.45, 7) is 5.79. The quantitative estimate of drug-likeness (QED) is 0.791. The molecule has 0 atom stereocenters. The van der Waals surface area contributed by atoms with Gasteiger partial charge in [0.25, 0.3) is 0 Å². The summed E-state index contributed by atoms with van der Waals surface area (Å²) < 4.78 is 5.03. The summed E-state index contributed by atoms with van der Waals surface area (Å²) in [4.78, 5) is 27.6. The molecule has 2 amide bonds. The van der Waals surface area contributed by atoms with E-state index in [1.807, 2.05) is 13.8 Å². The summed E-state index contributed by atoms with van der Waals surface area (Å²) >= 11 is 0. The van der Waals surface area contributed by atoms with Crippen LogP contribution in [0.25, 0.3) is 0 Å². The Hall–Kier alpha value is -2.12. The van der Waals surface area contributed by atoms with Crippen LogP contribution in [0.15, 0.2) is 4.52 Å². The molecule has 0 aromatic carbocycles. The molecule has 8 heteroatoms. The third kappa shape index (κ3) is 4.57. The monoisotopic (exact) mass is 270 g/mol. The summed E-state index contributed by atoms with van der Waals surface area (Å²) in [5.41, 5.74) is 0. The number of aliphatic carboxylic acids is 1. The summed E-state index contributed by atoms with van der Waals surface area (Å²) in [5, 5.41) is 14.6. The summed E-state index contributed by atoms with van der Waals surface area (Å²) in [7, 11) is 0. The Morgan fingerprint density at radius 3 is 2.63 bits per heavy atom. The van der Waals surface area contributed by atoms with Crippen LogP contribution in [0.1, 0.15) is 38.4 Å². The van der Waals surface area contributed by atoms with Gasteiger partial charge in [-0.1, -0.05) is 19.0 Å². The molecule has 0 saturated heterocycles. The minimum absolute atomic E-state index is 0.147. The van der Waals surface area contributed by atoms with Gasteiger partial charge < -0.3 is 19.8 Å². The number of carbonyl (C=O) groups excluding carboxylic acids is 1. The molecule has 0 radical (unpaired) electrons. The Kier molecular flexibility index (Phi) is 5.28. The highest BCUT2D eigenvalue weighted by Gasteiger charge is 2.17. The number of nitrogens with zero attached hydrogens (tertiary/aromatic N) is 3. The molecule has 0 aliphatic rings. The first-order valence-corrected chi connectivity index (χ1v) is 6.01. The van der Waals surface area contributed by atoms with Crippen LogP contribution in [0, 0.1) is 0 Å². The van der Waals surface area contributed by atoms with Crippen LogP contribution in [-0.4, -0.2) is 45.2 Å². The zero-order valence-electron chi connectivity index (χ0n) is 11.2. The Labute approximate surface area is 110 Å². The number of aromatic nitrogens is 2. The molecular weight excluding hydrogens is 252 g/mol. The number of hydrogen-bond acceptors (Lipinski definition) is 5. The molecule has 0 fully saturated rings. The summed E-state index contributed by atoms with van der Waals surface area (Å²) in [6, 6.07) is -0.478. The van der Waals surface area contributed by atoms with Crippen molar-refractivity contribution in [1.82, 2.24) is 20.4 Å². The fourth-order valence-corrected chi connectivity index (χ4v) is 1.32. The predicted molar refractivity (Wildman–Crippen MR) is 65.5 cm³/mol. The van der Waals surface area contributed by atoms with E-state index in [9.17, 15) is 9.59 Å². The smallest absolute Gasteiger partial charge is 0.323 e. The third-order valence-electron chi connectivity index (χ3n) is 2.39. The second kappa shape index (κ2) is 6.72. The number of hydrogen-bond donors (Lipinski definition) is 2. The third-order valence-corrected chi connectivity index (χ3v) is 2.39. The van der Waals surface area contributed by atoms with Crippen molar-refractivity contribution >= 4 is 12.0 Å². The highest BCUT2D eigenvalue weighted by atomic mass is 16.5. The number of carboxylic acid groups (broad SMARTS) is 1. The zero-order valence-corrected chi connectivity index (χ0v) is 11.2. The van der Waals surface area contributed by atoms with Crippen LogP contribution in [-0.2, 0) is 11.3 Å². The van der Waals surface area contributed by atoms with Crippen LogP contribution in [0.3, 0.4) is 0 Å². The fourth-order valence-electron chi connectivity index (χ4n) is 1.32. The minimum Gasteiger partial charge on any atom is -0.480 e. The van der Waals surface area contributed by atoms with E-state index in [2.05, 4.69) is 15.5 Å². The van der Waals surface area contributed by atoms with Crippen LogP contribution in [0.2, 0.25) is 0 Å². The number of carboxylic acids is 1. The first-order valence-electron chi connectivity index (χ1n) is 6.01. The van der Waals surface area contributed by atoms with E-state index in [0.717, 1.165) is 0 Å². The lowest BCUT2D eigenvalue weighted by atomic mass is 10.2. The summed E-state index contributed by atoms with van der Waals surface area (Å²) in [5.74, 6) is -0.0364. The van der Waals surface area contributed by atoms with Crippen molar-refractivity contribution < 1.29 is 19.2 Å². The van der Waals surface area contributed by atoms with Gasteiger partial charge in [0.2, 0.25) is 5.89 Å². The lowest BCUT2D eigenvalue weighted by Gasteiger charge is -2.18. The fraction of sp³-hybridized carbons (Fsp3) is 0.636. The van der Waals surface area contributed by atoms with Crippen LogP contribution < -0.4 is 5.32 Å². The zero-order chi connectivity index (χ0) is 14.4. The molecule has 106 valence electrons. The molecule has 0 unspecified atom stereocenters. The van der Waals surface area contributed by atoms with Gasteiger partial charge in [-0.3, -0.25) is 4.79 Å². The van der Waals surface area contributed by atoms with Crippen molar-refractivity contribution in [3.8, 4) is 0 Å². The highest BCUT2D eigenvalue weighted by Crippen LogP contribution is 2.11. The average Bonchev–Trinajstić information content (AvgIpc) is 2.81. The highest BCUT2D eigenvalue weighted by molar-refractivity contribution is 5.79. The molecule has 0 spiro atoms. The molecular formula is C11H18N4O4. The molecule has 0 bridgehead atoms. The maximum Gasteiger partial charge on any atom is 0.323 e. The van der Waals surface area contributed by atoms with Gasteiger partial charge in [0.15, 0.2) is 5.82 Å². The average molecular weight is 270 g/mol. The van der Waals surface area contributed by atoms with E-state index in [0.29, 0.717) is 18.3 Å². The van der Waals surface area contributed by atoms with Crippen LogP contribution in [0.4, 0.5) is 4.79 Å². The van der Waals surface area contributed by atoms with Gasteiger partial charge in [-0.05, 0) is 6.92 Å². The van der Waals surface area contributed by atoms with Crippen molar-refractivity contribution in [2.75, 3.05) is 13.1 Å². The molecule has 1 aromatic rings. The Bertz CT molecular complexity index is 444. The van der Waals surface area contributed by atoms with E-state index in [-0.39, 0.29) is 12.5 Å². The Balaban J connectivity index is 2.59. The lowest BCUT2D eigenvalue weighted by molar-refractivity contribution is -0.135. The van der Waals surface area contributed by atoms with Crippen LogP contribution in [0.5, 0.6) is 0 Å².